The highest BCUT2D eigenvalue weighted by atomic mass is 35.5. The third-order valence-corrected chi connectivity index (χ3v) is 4.67. The molecule has 22 heavy (non-hydrogen) atoms. The number of hydrogen-bond acceptors (Lipinski definition) is 2. The molecule has 0 bridgehead atoms. The molecule has 0 radical (unpaired) electrons. The number of amides is 1. The minimum Gasteiger partial charge on any atom is -0.492 e. The van der Waals surface area contributed by atoms with Gasteiger partial charge in [0.25, 0.3) is 0 Å². The molecule has 0 aliphatic carbocycles. The molecule has 2 heterocycles. The van der Waals surface area contributed by atoms with Crippen molar-refractivity contribution in [3.8, 4) is 5.75 Å². The minimum atomic E-state index is -0.142. The van der Waals surface area contributed by atoms with E-state index in [1.54, 1.807) is 0 Å². The number of halogens is 1. The van der Waals surface area contributed by atoms with Gasteiger partial charge in [0.05, 0.1) is 5.92 Å². The first-order valence-corrected chi connectivity index (χ1v) is 7.90. The lowest BCUT2D eigenvalue weighted by atomic mass is 9.95. The average molecular weight is 314 g/mol. The molecule has 112 valence electrons. The molecule has 1 atom stereocenters. The maximum atomic E-state index is 12.9. The van der Waals surface area contributed by atoms with Gasteiger partial charge in [0, 0.05) is 17.3 Å². The van der Waals surface area contributed by atoms with Crippen molar-refractivity contribution in [2.45, 2.75) is 12.8 Å². The number of nitrogens with zero attached hydrogens (tertiary/aromatic N) is 1. The highest BCUT2D eigenvalue weighted by molar-refractivity contribution is 6.30. The van der Waals surface area contributed by atoms with E-state index < -0.39 is 0 Å². The Bertz CT molecular complexity index is 744. The maximum Gasteiger partial charge on any atom is 0.233 e. The van der Waals surface area contributed by atoms with E-state index in [4.69, 9.17) is 16.3 Å². The van der Waals surface area contributed by atoms with Crippen LogP contribution in [-0.4, -0.2) is 19.1 Å². The summed E-state index contributed by atoms with van der Waals surface area (Å²) < 4.78 is 5.75. The lowest BCUT2D eigenvalue weighted by Crippen LogP contribution is -2.40. The number of para-hydroxylation sites is 1. The van der Waals surface area contributed by atoms with Crippen LogP contribution in [0.1, 0.15) is 11.1 Å². The molecular formula is C18H16ClNO2. The van der Waals surface area contributed by atoms with Crippen LogP contribution in [0.15, 0.2) is 42.5 Å². The quantitative estimate of drug-likeness (QED) is 0.806. The predicted molar refractivity (Wildman–Crippen MR) is 86.6 cm³/mol. The predicted octanol–water partition coefficient (Wildman–Crippen LogP) is 3.48. The van der Waals surface area contributed by atoms with Crippen molar-refractivity contribution in [2.24, 2.45) is 5.92 Å². The van der Waals surface area contributed by atoms with Gasteiger partial charge >= 0.3 is 0 Å². The Hall–Kier alpha value is -2.00. The second-order valence-corrected chi connectivity index (χ2v) is 6.27. The molecule has 0 saturated carbocycles. The Kier molecular flexibility index (Phi) is 3.30. The molecule has 4 rings (SSSR count). The second kappa shape index (κ2) is 5.33. The smallest absolute Gasteiger partial charge is 0.233 e. The fourth-order valence-electron chi connectivity index (χ4n) is 3.31. The zero-order valence-electron chi connectivity index (χ0n) is 12.1. The van der Waals surface area contributed by atoms with Crippen LogP contribution in [0.25, 0.3) is 0 Å². The van der Waals surface area contributed by atoms with Gasteiger partial charge in [-0.1, -0.05) is 29.8 Å². The summed E-state index contributed by atoms with van der Waals surface area (Å²) in [6.07, 6.45) is 1.62. The molecule has 2 aromatic carbocycles. The molecule has 3 nitrogen and oxygen atoms in total. The van der Waals surface area contributed by atoms with Crippen LogP contribution in [0.5, 0.6) is 5.75 Å². The molecule has 4 heteroatoms. The van der Waals surface area contributed by atoms with Crippen molar-refractivity contribution >= 4 is 23.2 Å². The lowest BCUT2D eigenvalue weighted by Gasteiger charge is -2.28. The summed E-state index contributed by atoms with van der Waals surface area (Å²) in [5.74, 6) is 0.850. The first-order valence-electron chi connectivity index (χ1n) is 7.53. The van der Waals surface area contributed by atoms with Gasteiger partial charge in [-0.15, -0.1) is 0 Å². The molecule has 0 spiro atoms. The van der Waals surface area contributed by atoms with Crippen molar-refractivity contribution in [1.29, 1.82) is 0 Å². The molecule has 2 aromatic rings. The van der Waals surface area contributed by atoms with Crippen molar-refractivity contribution in [2.75, 3.05) is 18.1 Å². The number of anilines is 1. The number of rotatable bonds is 1. The Morgan fingerprint density at radius 2 is 2.05 bits per heavy atom. The molecule has 0 unspecified atom stereocenters. The highest BCUT2D eigenvalue weighted by Gasteiger charge is 2.33. The molecular weight excluding hydrogens is 298 g/mol. The fraction of sp³-hybridized carbons (Fsp3) is 0.278. The van der Waals surface area contributed by atoms with Gasteiger partial charge in [0.1, 0.15) is 12.4 Å². The van der Waals surface area contributed by atoms with Crippen LogP contribution in [0, 0.1) is 5.92 Å². The number of fused-ring (bicyclic) bond motifs is 2. The van der Waals surface area contributed by atoms with E-state index in [-0.39, 0.29) is 11.8 Å². The number of carbonyl (C=O) groups excluding carboxylic acids is 1. The van der Waals surface area contributed by atoms with Gasteiger partial charge in [-0.3, -0.25) is 4.79 Å². The topological polar surface area (TPSA) is 29.5 Å². The van der Waals surface area contributed by atoms with Crippen LogP contribution in [0.3, 0.4) is 0 Å². The maximum absolute atomic E-state index is 12.9. The van der Waals surface area contributed by atoms with E-state index in [0.717, 1.165) is 30.0 Å². The second-order valence-electron chi connectivity index (χ2n) is 5.83. The molecule has 0 saturated heterocycles. The van der Waals surface area contributed by atoms with Crippen LogP contribution in [-0.2, 0) is 17.6 Å². The van der Waals surface area contributed by atoms with E-state index in [2.05, 4.69) is 6.07 Å². The van der Waals surface area contributed by atoms with E-state index in [1.807, 2.05) is 41.3 Å². The van der Waals surface area contributed by atoms with Crippen LogP contribution < -0.4 is 9.64 Å². The Balaban J connectivity index is 1.58. The molecule has 0 fully saturated rings. The Labute approximate surface area is 134 Å². The zero-order valence-corrected chi connectivity index (χ0v) is 12.8. The van der Waals surface area contributed by atoms with Crippen LogP contribution >= 0.6 is 11.6 Å². The van der Waals surface area contributed by atoms with Crippen molar-refractivity contribution in [3.63, 3.8) is 0 Å². The number of benzene rings is 2. The molecule has 0 aromatic heterocycles. The number of carbonyl (C=O) groups is 1. The standard InChI is InChI=1S/C18H16ClNO2/c19-15-5-6-17-13(10-15)9-14(11-22-17)18(21)20-8-7-12-3-1-2-4-16(12)20/h1-6,10,14H,7-9,11H2/t14-/m1/s1. The third kappa shape index (κ3) is 2.26. The summed E-state index contributed by atoms with van der Waals surface area (Å²) in [6.45, 7) is 1.20. The first kappa shape index (κ1) is 13.6. The Morgan fingerprint density at radius 1 is 1.18 bits per heavy atom. The van der Waals surface area contributed by atoms with Gasteiger partial charge in [-0.05, 0) is 48.2 Å². The summed E-state index contributed by atoms with van der Waals surface area (Å²) in [6, 6.07) is 13.7. The number of hydrogen-bond donors (Lipinski definition) is 0. The van der Waals surface area contributed by atoms with Crippen LogP contribution in [0.4, 0.5) is 5.69 Å². The summed E-state index contributed by atoms with van der Waals surface area (Å²) in [5.41, 5.74) is 3.31. The van der Waals surface area contributed by atoms with Crippen molar-refractivity contribution < 1.29 is 9.53 Å². The Morgan fingerprint density at radius 3 is 2.95 bits per heavy atom. The SMILES string of the molecule is O=C([C@H]1COc2ccc(Cl)cc2C1)N1CCc2ccccc21. The average Bonchev–Trinajstić information content (AvgIpc) is 2.97. The van der Waals surface area contributed by atoms with Crippen molar-refractivity contribution in [3.05, 3.63) is 58.6 Å². The van der Waals surface area contributed by atoms with Gasteiger partial charge in [-0.2, -0.15) is 0 Å². The molecule has 1 amide bonds. The van der Waals surface area contributed by atoms with Crippen LogP contribution in [0.2, 0.25) is 5.02 Å². The molecule has 2 aliphatic rings. The monoisotopic (exact) mass is 313 g/mol. The highest BCUT2D eigenvalue weighted by Crippen LogP contribution is 2.33. The van der Waals surface area contributed by atoms with E-state index >= 15 is 0 Å². The van der Waals surface area contributed by atoms with Gasteiger partial charge in [-0.25, -0.2) is 0 Å². The fourth-order valence-corrected chi connectivity index (χ4v) is 3.50. The summed E-state index contributed by atoms with van der Waals surface area (Å²) in [4.78, 5) is 14.8. The normalized spacial score (nSPS) is 19.3. The van der Waals surface area contributed by atoms with Gasteiger partial charge in [0.2, 0.25) is 5.91 Å². The van der Waals surface area contributed by atoms with E-state index in [9.17, 15) is 4.79 Å². The molecule has 0 N–H and O–H groups in total. The largest absolute Gasteiger partial charge is 0.492 e. The molecule has 2 aliphatic heterocycles. The van der Waals surface area contributed by atoms with Gasteiger partial charge in [0.15, 0.2) is 0 Å². The van der Waals surface area contributed by atoms with E-state index in [1.165, 1.54) is 5.56 Å². The lowest BCUT2D eigenvalue weighted by molar-refractivity contribution is -0.123. The summed E-state index contributed by atoms with van der Waals surface area (Å²) in [7, 11) is 0. The van der Waals surface area contributed by atoms with Crippen molar-refractivity contribution in [1.82, 2.24) is 0 Å². The van der Waals surface area contributed by atoms with E-state index in [0.29, 0.717) is 18.1 Å². The van der Waals surface area contributed by atoms with Gasteiger partial charge < -0.3 is 9.64 Å². The first-order chi connectivity index (χ1) is 10.7. The zero-order chi connectivity index (χ0) is 15.1. The summed E-state index contributed by atoms with van der Waals surface area (Å²) >= 11 is 6.05. The number of ether oxygens (including phenoxy) is 1. The third-order valence-electron chi connectivity index (χ3n) is 4.43. The minimum absolute atomic E-state index is 0.142. The summed E-state index contributed by atoms with van der Waals surface area (Å²) in [5, 5.41) is 0.682.